The number of hydrogen-bond donors (Lipinski definition) is 0. The van der Waals surface area contributed by atoms with Gasteiger partial charge < -0.3 is 4.74 Å². The van der Waals surface area contributed by atoms with E-state index >= 15 is 0 Å². The molecule has 0 bridgehead atoms. The fourth-order valence-electron chi connectivity index (χ4n) is 3.50. The van der Waals surface area contributed by atoms with Crippen LogP contribution in [0.3, 0.4) is 0 Å². The minimum atomic E-state index is -0.580. The van der Waals surface area contributed by atoms with Crippen molar-refractivity contribution in [2.24, 2.45) is 0 Å². The van der Waals surface area contributed by atoms with Crippen molar-refractivity contribution in [1.82, 2.24) is 4.57 Å². The van der Waals surface area contributed by atoms with Crippen LogP contribution in [0.15, 0.2) is 84.9 Å². The summed E-state index contributed by atoms with van der Waals surface area (Å²) in [6.45, 7) is 5.66. The molecule has 0 saturated heterocycles. The predicted molar refractivity (Wildman–Crippen MR) is 114 cm³/mol. The number of carbonyl (C=O) groups excluding carboxylic acids is 1. The van der Waals surface area contributed by atoms with E-state index in [0.717, 1.165) is 33.3 Å². The lowest BCUT2D eigenvalue weighted by Crippen LogP contribution is -2.27. The van der Waals surface area contributed by atoms with Crippen LogP contribution in [-0.2, 0) is 4.74 Å². The summed E-state index contributed by atoms with van der Waals surface area (Å²) in [5.74, 6) is 0. The summed E-state index contributed by atoms with van der Waals surface area (Å²) in [4.78, 5) is 13.3. The van der Waals surface area contributed by atoms with E-state index in [9.17, 15) is 4.79 Å². The Bertz CT molecular complexity index is 1120. The number of benzene rings is 3. The Morgan fingerprint density at radius 3 is 1.89 bits per heavy atom. The monoisotopic (exact) mass is 369 g/mol. The zero-order valence-corrected chi connectivity index (χ0v) is 16.3. The van der Waals surface area contributed by atoms with Gasteiger partial charge in [-0.05, 0) is 38.0 Å². The molecule has 0 fully saturated rings. The highest BCUT2D eigenvalue weighted by atomic mass is 16.6. The molecule has 1 heterocycles. The van der Waals surface area contributed by atoms with Crippen LogP contribution in [0.1, 0.15) is 20.8 Å². The van der Waals surface area contributed by atoms with Gasteiger partial charge in [0, 0.05) is 10.9 Å². The third-order valence-corrected chi connectivity index (χ3v) is 4.56. The quantitative estimate of drug-likeness (QED) is 0.391. The summed E-state index contributed by atoms with van der Waals surface area (Å²) in [6.07, 6.45) is -0.371. The van der Waals surface area contributed by atoms with E-state index < -0.39 is 5.60 Å². The van der Waals surface area contributed by atoms with Gasteiger partial charge >= 0.3 is 6.09 Å². The van der Waals surface area contributed by atoms with Crippen LogP contribution >= 0.6 is 0 Å². The zero-order chi connectivity index (χ0) is 19.7. The Morgan fingerprint density at radius 2 is 1.29 bits per heavy atom. The maximum Gasteiger partial charge on any atom is 0.419 e. The van der Waals surface area contributed by atoms with Crippen LogP contribution in [0.2, 0.25) is 0 Å². The maximum atomic E-state index is 13.3. The molecule has 0 amide bonds. The minimum absolute atomic E-state index is 0.371. The Morgan fingerprint density at radius 1 is 0.750 bits per heavy atom. The maximum absolute atomic E-state index is 13.3. The first-order chi connectivity index (χ1) is 13.5. The minimum Gasteiger partial charge on any atom is -0.443 e. The molecule has 1 aromatic heterocycles. The van der Waals surface area contributed by atoms with E-state index in [1.807, 2.05) is 87.5 Å². The second-order valence-electron chi connectivity index (χ2n) is 7.79. The van der Waals surface area contributed by atoms with Crippen molar-refractivity contribution in [1.29, 1.82) is 0 Å². The number of aromatic nitrogens is 1. The molecule has 0 spiro atoms. The highest BCUT2D eigenvalue weighted by molar-refractivity contribution is 6.08. The molecule has 3 nitrogen and oxygen atoms in total. The van der Waals surface area contributed by atoms with Crippen LogP contribution in [0, 0.1) is 0 Å². The van der Waals surface area contributed by atoms with E-state index in [2.05, 4.69) is 18.2 Å². The van der Waals surface area contributed by atoms with Crippen molar-refractivity contribution in [3.8, 4) is 22.4 Å². The lowest BCUT2D eigenvalue weighted by Gasteiger charge is -2.21. The molecule has 0 N–H and O–H groups in total. The van der Waals surface area contributed by atoms with Crippen molar-refractivity contribution < 1.29 is 9.53 Å². The van der Waals surface area contributed by atoms with Crippen molar-refractivity contribution in [2.45, 2.75) is 26.4 Å². The lowest BCUT2D eigenvalue weighted by molar-refractivity contribution is 0.0547. The predicted octanol–water partition coefficient (Wildman–Crippen LogP) is 6.76. The summed E-state index contributed by atoms with van der Waals surface area (Å²) in [6, 6.07) is 28.2. The van der Waals surface area contributed by atoms with Gasteiger partial charge in [-0.1, -0.05) is 78.9 Å². The summed E-state index contributed by atoms with van der Waals surface area (Å²) < 4.78 is 7.47. The summed E-state index contributed by atoms with van der Waals surface area (Å²) in [7, 11) is 0. The van der Waals surface area contributed by atoms with Crippen molar-refractivity contribution in [2.75, 3.05) is 0 Å². The first-order valence-electron chi connectivity index (χ1n) is 9.43. The standard InChI is InChI=1S/C25H23NO2/c1-25(2,3)28-24(27)26-21-17-11-10-16-20(21)22(18-12-6-4-7-13-18)23(26)19-14-8-5-9-15-19/h4-17H,1-3H3. The smallest absolute Gasteiger partial charge is 0.419 e. The van der Waals surface area contributed by atoms with Crippen molar-refractivity contribution in [3.63, 3.8) is 0 Å². The number of para-hydroxylation sites is 1. The Labute approximate surface area is 165 Å². The molecule has 0 aliphatic carbocycles. The molecule has 0 aliphatic rings. The third-order valence-electron chi connectivity index (χ3n) is 4.56. The molecule has 140 valence electrons. The molecule has 3 aromatic carbocycles. The van der Waals surface area contributed by atoms with Gasteiger partial charge in [0.15, 0.2) is 0 Å². The van der Waals surface area contributed by atoms with Gasteiger partial charge in [0.1, 0.15) is 5.60 Å². The molecular weight excluding hydrogens is 346 g/mol. The molecular formula is C25H23NO2. The van der Waals surface area contributed by atoms with Crippen molar-refractivity contribution >= 4 is 17.0 Å². The average Bonchev–Trinajstić information content (AvgIpc) is 3.03. The normalized spacial score (nSPS) is 11.5. The largest absolute Gasteiger partial charge is 0.443 e. The second kappa shape index (κ2) is 7.01. The van der Waals surface area contributed by atoms with E-state index in [1.54, 1.807) is 4.57 Å². The van der Waals surface area contributed by atoms with E-state index in [1.165, 1.54) is 0 Å². The van der Waals surface area contributed by atoms with Gasteiger partial charge in [0.2, 0.25) is 0 Å². The van der Waals surface area contributed by atoms with E-state index in [0.29, 0.717) is 0 Å². The number of fused-ring (bicyclic) bond motifs is 1. The van der Waals surface area contributed by atoms with Gasteiger partial charge in [-0.25, -0.2) is 9.36 Å². The Hall–Kier alpha value is -3.33. The Balaban J connectivity index is 2.09. The molecule has 0 unspecified atom stereocenters. The van der Waals surface area contributed by atoms with Crippen LogP contribution in [0.5, 0.6) is 0 Å². The van der Waals surface area contributed by atoms with Gasteiger partial charge in [-0.3, -0.25) is 0 Å². The summed E-state index contributed by atoms with van der Waals surface area (Å²) >= 11 is 0. The molecule has 4 aromatic rings. The zero-order valence-electron chi connectivity index (χ0n) is 16.3. The third kappa shape index (κ3) is 3.31. The van der Waals surface area contributed by atoms with Crippen LogP contribution in [-0.4, -0.2) is 16.3 Å². The fourth-order valence-corrected chi connectivity index (χ4v) is 3.50. The molecule has 4 rings (SSSR count). The van der Waals surface area contributed by atoms with Crippen molar-refractivity contribution in [3.05, 3.63) is 84.9 Å². The first kappa shape index (κ1) is 18.1. The van der Waals surface area contributed by atoms with Gasteiger partial charge in [-0.15, -0.1) is 0 Å². The number of carbonyl (C=O) groups is 1. The van der Waals surface area contributed by atoms with Gasteiger partial charge in [0.05, 0.1) is 11.2 Å². The highest BCUT2D eigenvalue weighted by Crippen LogP contribution is 2.41. The number of ether oxygens (including phenoxy) is 1. The van der Waals surface area contributed by atoms with E-state index in [4.69, 9.17) is 4.74 Å². The molecule has 0 radical (unpaired) electrons. The molecule has 0 aliphatic heterocycles. The van der Waals surface area contributed by atoms with Crippen LogP contribution in [0.4, 0.5) is 4.79 Å². The molecule has 0 saturated carbocycles. The van der Waals surface area contributed by atoms with E-state index in [-0.39, 0.29) is 6.09 Å². The number of hydrogen-bond acceptors (Lipinski definition) is 2. The SMILES string of the molecule is CC(C)(C)OC(=O)n1c(-c2ccccc2)c(-c2ccccc2)c2ccccc21. The molecule has 28 heavy (non-hydrogen) atoms. The fraction of sp³-hybridized carbons (Fsp3) is 0.160. The van der Waals surface area contributed by atoms with Gasteiger partial charge in [0.25, 0.3) is 0 Å². The summed E-state index contributed by atoms with van der Waals surface area (Å²) in [5.41, 5.74) is 4.19. The first-order valence-corrected chi connectivity index (χ1v) is 9.43. The van der Waals surface area contributed by atoms with Crippen LogP contribution in [0.25, 0.3) is 33.3 Å². The van der Waals surface area contributed by atoms with Gasteiger partial charge in [-0.2, -0.15) is 0 Å². The summed E-state index contributed by atoms with van der Waals surface area (Å²) in [5, 5.41) is 1.03. The number of rotatable bonds is 2. The second-order valence-corrected chi connectivity index (χ2v) is 7.79. The Kier molecular flexibility index (Phi) is 4.52. The topological polar surface area (TPSA) is 31.2 Å². The molecule has 0 atom stereocenters. The van der Waals surface area contributed by atoms with Crippen LogP contribution < -0.4 is 0 Å². The number of nitrogens with zero attached hydrogens (tertiary/aromatic N) is 1. The highest BCUT2D eigenvalue weighted by Gasteiger charge is 2.26. The lowest BCUT2D eigenvalue weighted by atomic mass is 9.98. The average molecular weight is 369 g/mol. The molecule has 3 heteroatoms.